The molecule has 32 heavy (non-hydrogen) atoms. The van der Waals surface area contributed by atoms with Crippen LogP contribution < -0.4 is 45.3 Å². The molecule has 0 radical (unpaired) electrons. The van der Waals surface area contributed by atoms with Gasteiger partial charge < -0.3 is 34.4 Å². The highest BCUT2D eigenvalue weighted by atomic mass is 35.5. The molecule has 2 aliphatic rings. The van der Waals surface area contributed by atoms with Gasteiger partial charge in [0.2, 0.25) is 17.8 Å². The molecule has 0 amide bonds. The normalized spacial score (nSPS) is 14.9. The molecule has 14 N–H and O–H groups in total. The standard InChI is InChI=1S/C20H29N7.ClH.4H3N.4H2/c1-16-9-8-10-17(15-16)24-25-18-21-19(26-11-4-2-5-12-26)23-20(22-18)27-13-6-3-7-14-27;;;;;;;;;/h8-10,15,24H,2-7,11-14H2,1H3,(H,21,22,23,25);1H;4*1H3;4*1H. The average Bonchev–Trinajstić information content (AvgIpc) is 2.73. The molecule has 2 saturated heterocycles. The first-order valence-electron chi connectivity index (χ1n) is 10.1. The Morgan fingerprint density at radius 1 is 0.719 bits per heavy atom. The van der Waals surface area contributed by atoms with Gasteiger partial charge in [0, 0.05) is 31.9 Å². The highest BCUT2D eigenvalue weighted by Gasteiger charge is 2.20. The van der Waals surface area contributed by atoms with Crippen LogP contribution in [0.5, 0.6) is 0 Å². The van der Waals surface area contributed by atoms with Crippen molar-refractivity contribution in [1.82, 2.24) is 39.6 Å². The van der Waals surface area contributed by atoms with Crippen LogP contribution in [-0.2, 0) is 0 Å². The summed E-state index contributed by atoms with van der Waals surface area (Å²) in [5, 5.41) is 0. The summed E-state index contributed by atoms with van der Waals surface area (Å²) in [7, 11) is 0. The van der Waals surface area contributed by atoms with E-state index in [0.717, 1.165) is 43.8 Å². The van der Waals surface area contributed by atoms with Crippen LogP contribution in [-0.4, -0.2) is 41.1 Å². The van der Waals surface area contributed by atoms with Crippen molar-refractivity contribution >= 4 is 35.9 Å². The fraction of sp³-hybridized carbons (Fsp3) is 0.550. The third kappa shape index (κ3) is 8.24. The third-order valence-corrected chi connectivity index (χ3v) is 5.23. The maximum atomic E-state index is 4.81. The van der Waals surface area contributed by atoms with E-state index < -0.39 is 0 Å². The fourth-order valence-electron chi connectivity index (χ4n) is 3.73. The van der Waals surface area contributed by atoms with Crippen LogP contribution in [0, 0.1) is 6.92 Å². The van der Waals surface area contributed by atoms with Gasteiger partial charge in [-0.2, -0.15) is 15.0 Å². The molecule has 0 bridgehead atoms. The van der Waals surface area contributed by atoms with E-state index in [9.17, 15) is 0 Å². The summed E-state index contributed by atoms with van der Waals surface area (Å²) in [6.45, 7) is 6.17. The highest BCUT2D eigenvalue weighted by molar-refractivity contribution is 5.85. The van der Waals surface area contributed by atoms with Crippen LogP contribution >= 0.6 is 12.4 Å². The lowest BCUT2D eigenvalue weighted by molar-refractivity contribution is 0.556. The van der Waals surface area contributed by atoms with Crippen molar-refractivity contribution in [3.05, 3.63) is 29.8 Å². The molecule has 4 rings (SSSR count). The number of benzene rings is 1. The van der Waals surface area contributed by atoms with Crippen molar-refractivity contribution in [2.24, 2.45) is 0 Å². The summed E-state index contributed by atoms with van der Waals surface area (Å²) in [6, 6.07) is 8.23. The van der Waals surface area contributed by atoms with Crippen molar-refractivity contribution in [3.8, 4) is 0 Å². The van der Waals surface area contributed by atoms with Crippen LogP contribution in [0.25, 0.3) is 0 Å². The van der Waals surface area contributed by atoms with E-state index in [-0.39, 0.29) is 42.7 Å². The first-order valence-corrected chi connectivity index (χ1v) is 10.1. The van der Waals surface area contributed by atoms with Gasteiger partial charge in [0.25, 0.3) is 0 Å². The summed E-state index contributed by atoms with van der Waals surface area (Å²) >= 11 is 0. The van der Waals surface area contributed by atoms with Gasteiger partial charge in [0.1, 0.15) is 0 Å². The minimum absolute atomic E-state index is 0. The summed E-state index contributed by atoms with van der Waals surface area (Å²) < 4.78 is 0. The Bertz CT molecular complexity index is 747. The number of halogens is 1. The average molecular weight is 480 g/mol. The molecule has 11 nitrogen and oxygen atoms in total. The van der Waals surface area contributed by atoms with Crippen LogP contribution in [0.1, 0.15) is 49.8 Å². The van der Waals surface area contributed by atoms with E-state index in [1.54, 1.807) is 0 Å². The molecule has 0 aliphatic carbocycles. The maximum absolute atomic E-state index is 4.81. The summed E-state index contributed by atoms with van der Waals surface area (Å²) in [5.74, 6) is 2.16. The number of hydrogen-bond acceptors (Lipinski definition) is 11. The summed E-state index contributed by atoms with van der Waals surface area (Å²) in [5.41, 5.74) is 8.61. The molecule has 0 spiro atoms. The van der Waals surface area contributed by atoms with Gasteiger partial charge in [-0.15, -0.1) is 12.4 Å². The van der Waals surface area contributed by atoms with Crippen LogP contribution in [0.15, 0.2) is 24.3 Å². The van der Waals surface area contributed by atoms with Gasteiger partial charge in [-0.3, -0.25) is 10.9 Å². The molecular weight excluding hydrogens is 430 g/mol. The molecule has 1 aromatic carbocycles. The number of rotatable bonds is 5. The van der Waals surface area contributed by atoms with Crippen molar-refractivity contribution < 1.29 is 5.71 Å². The maximum Gasteiger partial charge on any atom is 0.248 e. The first-order chi connectivity index (χ1) is 13.3. The van der Waals surface area contributed by atoms with Crippen LogP contribution in [0.2, 0.25) is 0 Å². The van der Waals surface area contributed by atoms with Crippen LogP contribution in [0.4, 0.5) is 23.5 Å². The SMILES string of the molecule is Cc1cccc(NNc2nc(N3CCCCC3)nc(N3CCCCC3)n2)c1.Cl.N.N.N.N.[HH].[HH].[HH].[HH]. The number of aromatic nitrogens is 3. The third-order valence-electron chi connectivity index (χ3n) is 5.23. The lowest BCUT2D eigenvalue weighted by Gasteiger charge is -2.30. The molecule has 1 aromatic heterocycles. The predicted octanol–water partition coefficient (Wildman–Crippen LogP) is 5.65. The topological polar surface area (TPSA) is 209 Å². The van der Waals surface area contributed by atoms with Crippen LogP contribution in [0.3, 0.4) is 0 Å². The molecular formula is C20H50ClN11. The molecule has 12 heteroatoms. The molecule has 2 aromatic rings. The van der Waals surface area contributed by atoms with E-state index in [1.807, 2.05) is 12.1 Å². The molecule has 192 valence electrons. The zero-order valence-electron chi connectivity index (χ0n) is 19.4. The Labute approximate surface area is 203 Å². The Balaban J connectivity index is -0.000000250. The lowest BCUT2D eigenvalue weighted by Crippen LogP contribution is -2.34. The van der Waals surface area contributed by atoms with Gasteiger partial charge in [0.05, 0.1) is 5.69 Å². The van der Waals surface area contributed by atoms with Gasteiger partial charge in [0.15, 0.2) is 0 Å². The minimum Gasteiger partial charge on any atom is -0.344 e. The second kappa shape index (κ2) is 15.4. The Kier molecular flexibility index (Phi) is 15.3. The van der Waals surface area contributed by atoms with Crippen molar-refractivity contribution in [2.75, 3.05) is 46.8 Å². The monoisotopic (exact) mass is 479 g/mol. The predicted molar refractivity (Wildman–Crippen MR) is 146 cm³/mol. The Hall–Kier alpha value is -2.44. The van der Waals surface area contributed by atoms with Gasteiger partial charge >= 0.3 is 0 Å². The Morgan fingerprint density at radius 2 is 1.22 bits per heavy atom. The number of hydrazine groups is 1. The van der Waals surface area contributed by atoms with Gasteiger partial charge in [-0.1, -0.05) is 12.1 Å². The number of aryl methyl sites for hydroxylation is 1. The van der Waals surface area contributed by atoms with Gasteiger partial charge in [-0.25, -0.2) is 0 Å². The Morgan fingerprint density at radius 3 is 1.69 bits per heavy atom. The van der Waals surface area contributed by atoms with E-state index in [0.29, 0.717) is 5.95 Å². The number of hydrogen-bond donors (Lipinski definition) is 6. The van der Waals surface area contributed by atoms with Crippen molar-refractivity contribution in [2.45, 2.75) is 45.4 Å². The quantitative estimate of drug-likeness (QED) is 0.288. The first kappa shape index (κ1) is 31.7. The lowest BCUT2D eigenvalue weighted by atomic mass is 10.1. The van der Waals surface area contributed by atoms with E-state index in [1.165, 1.54) is 44.1 Å². The number of anilines is 4. The number of nitrogens with one attached hydrogen (secondary N) is 2. The van der Waals surface area contributed by atoms with E-state index in [2.05, 4.69) is 39.7 Å². The molecule has 2 aliphatic heterocycles. The zero-order valence-corrected chi connectivity index (χ0v) is 20.2. The van der Waals surface area contributed by atoms with E-state index >= 15 is 0 Å². The minimum atomic E-state index is 0. The summed E-state index contributed by atoms with van der Waals surface area (Å²) in [4.78, 5) is 18.8. The van der Waals surface area contributed by atoms with E-state index in [4.69, 9.17) is 15.0 Å². The number of piperidine rings is 2. The molecule has 0 saturated carbocycles. The highest BCUT2D eigenvalue weighted by Crippen LogP contribution is 2.22. The fourth-order valence-corrected chi connectivity index (χ4v) is 3.73. The zero-order chi connectivity index (χ0) is 18.5. The largest absolute Gasteiger partial charge is 0.344 e. The second-order valence-electron chi connectivity index (χ2n) is 7.47. The van der Waals surface area contributed by atoms with Crippen molar-refractivity contribution in [3.63, 3.8) is 0 Å². The molecule has 0 unspecified atom stereocenters. The van der Waals surface area contributed by atoms with Gasteiger partial charge in [-0.05, 0) is 63.1 Å². The molecule has 0 atom stereocenters. The second-order valence-corrected chi connectivity index (χ2v) is 7.47. The molecule has 2 fully saturated rings. The number of nitrogens with zero attached hydrogens (tertiary/aromatic N) is 5. The summed E-state index contributed by atoms with van der Waals surface area (Å²) in [6.07, 6.45) is 7.40. The molecule has 3 heterocycles. The van der Waals surface area contributed by atoms with Crippen molar-refractivity contribution in [1.29, 1.82) is 0 Å². The smallest absolute Gasteiger partial charge is 0.248 e.